The molecule has 1 aliphatic heterocycles. The van der Waals surface area contributed by atoms with Crippen LogP contribution in [-0.4, -0.2) is 59.5 Å². The molecule has 1 atom stereocenters. The molecular formula is C22H26FN7O. The first kappa shape index (κ1) is 21.1. The van der Waals surface area contributed by atoms with Crippen LogP contribution in [0.1, 0.15) is 12.1 Å². The van der Waals surface area contributed by atoms with Crippen molar-refractivity contribution in [2.75, 3.05) is 43.6 Å². The van der Waals surface area contributed by atoms with Gasteiger partial charge < -0.3 is 20.3 Å². The molecule has 0 aliphatic carbocycles. The lowest BCUT2D eigenvalue weighted by Crippen LogP contribution is -2.19. The molecule has 1 saturated heterocycles. The molecule has 162 valence electrons. The smallest absolute Gasteiger partial charge is 0.227 e. The van der Waals surface area contributed by atoms with E-state index in [1.807, 2.05) is 35.2 Å². The van der Waals surface area contributed by atoms with Crippen molar-refractivity contribution in [3.05, 3.63) is 54.6 Å². The largest absolute Gasteiger partial charge is 0.383 e. The molecule has 0 unspecified atom stereocenters. The van der Waals surface area contributed by atoms with Crippen LogP contribution in [0.25, 0.3) is 11.4 Å². The first-order chi connectivity index (χ1) is 15.2. The van der Waals surface area contributed by atoms with Crippen molar-refractivity contribution in [1.82, 2.24) is 25.3 Å². The molecule has 3 aromatic heterocycles. The molecule has 9 heteroatoms. The SMILES string of the molecule is COCCNCc1ccc(Nc2nccc(-c3ccc(N4CC[C@H](F)C4)cn3)n2)cn1. The van der Waals surface area contributed by atoms with Crippen LogP contribution in [0.2, 0.25) is 0 Å². The molecule has 2 N–H and O–H groups in total. The summed E-state index contributed by atoms with van der Waals surface area (Å²) < 4.78 is 18.4. The molecule has 4 heterocycles. The van der Waals surface area contributed by atoms with E-state index in [0.717, 1.165) is 35.9 Å². The lowest BCUT2D eigenvalue weighted by atomic mass is 10.2. The van der Waals surface area contributed by atoms with Crippen molar-refractivity contribution in [3.63, 3.8) is 0 Å². The maximum Gasteiger partial charge on any atom is 0.227 e. The van der Waals surface area contributed by atoms with Crippen LogP contribution in [-0.2, 0) is 11.3 Å². The number of nitrogens with one attached hydrogen (secondary N) is 2. The van der Waals surface area contributed by atoms with Crippen LogP contribution in [0.5, 0.6) is 0 Å². The molecule has 1 fully saturated rings. The number of nitrogens with zero attached hydrogens (tertiary/aromatic N) is 5. The molecule has 3 aromatic rings. The van der Waals surface area contributed by atoms with Gasteiger partial charge in [-0.3, -0.25) is 9.97 Å². The summed E-state index contributed by atoms with van der Waals surface area (Å²) in [7, 11) is 1.68. The average Bonchev–Trinajstić information content (AvgIpc) is 3.24. The lowest BCUT2D eigenvalue weighted by molar-refractivity contribution is 0.199. The van der Waals surface area contributed by atoms with Crippen molar-refractivity contribution < 1.29 is 9.13 Å². The van der Waals surface area contributed by atoms with Crippen molar-refractivity contribution in [3.8, 4) is 11.4 Å². The topological polar surface area (TPSA) is 88.1 Å². The van der Waals surface area contributed by atoms with E-state index < -0.39 is 6.17 Å². The third-order valence-corrected chi connectivity index (χ3v) is 5.03. The normalized spacial score (nSPS) is 15.9. The zero-order chi connectivity index (χ0) is 21.5. The van der Waals surface area contributed by atoms with Crippen molar-refractivity contribution in [2.24, 2.45) is 0 Å². The quantitative estimate of drug-likeness (QED) is 0.508. The second-order valence-electron chi connectivity index (χ2n) is 7.33. The minimum absolute atomic E-state index is 0.429. The van der Waals surface area contributed by atoms with Crippen molar-refractivity contribution in [1.29, 1.82) is 0 Å². The van der Waals surface area contributed by atoms with E-state index in [0.29, 0.717) is 37.8 Å². The summed E-state index contributed by atoms with van der Waals surface area (Å²) in [5.41, 5.74) is 4.12. The van der Waals surface area contributed by atoms with Gasteiger partial charge in [0.1, 0.15) is 6.17 Å². The number of methoxy groups -OCH3 is 1. The van der Waals surface area contributed by atoms with Crippen LogP contribution in [0.15, 0.2) is 48.9 Å². The summed E-state index contributed by atoms with van der Waals surface area (Å²) in [6.07, 6.45) is 5.03. The molecule has 0 saturated carbocycles. The number of rotatable bonds is 9. The third-order valence-electron chi connectivity index (χ3n) is 5.03. The molecule has 4 rings (SSSR count). The van der Waals surface area contributed by atoms with Gasteiger partial charge in [-0.15, -0.1) is 0 Å². The highest BCUT2D eigenvalue weighted by Crippen LogP contribution is 2.24. The Morgan fingerprint density at radius 3 is 2.74 bits per heavy atom. The van der Waals surface area contributed by atoms with E-state index in [1.54, 1.807) is 25.7 Å². The number of anilines is 3. The lowest BCUT2D eigenvalue weighted by Gasteiger charge is -2.17. The molecule has 8 nitrogen and oxygen atoms in total. The van der Waals surface area contributed by atoms with Gasteiger partial charge in [0.15, 0.2) is 0 Å². The number of hydrogen-bond donors (Lipinski definition) is 2. The monoisotopic (exact) mass is 423 g/mol. The standard InChI is InChI=1S/C22H26FN7O/c1-31-11-9-24-12-17-2-3-18(13-26-17)28-22-25-8-6-21(29-22)20-5-4-19(14-27-20)30-10-7-16(23)15-30/h2-6,8,13-14,16,24H,7,9-12,15H2,1H3,(H,25,28,29)/t16-/m0/s1. The Bertz CT molecular complexity index is 968. The first-order valence-corrected chi connectivity index (χ1v) is 10.3. The Morgan fingerprint density at radius 1 is 1.10 bits per heavy atom. The van der Waals surface area contributed by atoms with Gasteiger partial charge in [-0.1, -0.05) is 0 Å². The molecule has 0 bridgehead atoms. The molecule has 0 aromatic carbocycles. The van der Waals surface area contributed by atoms with Gasteiger partial charge in [0.2, 0.25) is 5.95 Å². The second kappa shape index (κ2) is 10.2. The fourth-order valence-electron chi connectivity index (χ4n) is 3.36. The highest BCUT2D eigenvalue weighted by molar-refractivity contribution is 5.60. The molecule has 0 spiro atoms. The van der Waals surface area contributed by atoms with E-state index >= 15 is 0 Å². The van der Waals surface area contributed by atoms with E-state index in [-0.39, 0.29) is 0 Å². The summed E-state index contributed by atoms with van der Waals surface area (Å²) in [4.78, 5) is 19.8. The summed E-state index contributed by atoms with van der Waals surface area (Å²) in [5, 5.41) is 6.44. The van der Waals surface area contributed by atoms with Gasteiger partial charge in [0.05, 0.1) is 47.5 Å². The van der Waals surface area contributed by atoms with Gasteiger partial charge in [-0.2, -0.15) is 0 Å². The highest BCUT2D eigenvalue weighted by Gasteiger charge is 2.22. The van der Waals surface area contributed by atoms with E-state index in [1.165, 1.54) is 0 Å². The zero-order valence-corrected chi connectivity index (χ0v) is 17.5. The first-order valence-electron chi connectivity index (χ1n) is 10.3. The molecule has 0 amide bonds. The summed E-state index contributed by atoms with van der Waals surface area (Å²) in [6.45, 7) is 3.28. The Hall–Kier alpha value is -3.17. The molecule has 31 heavy (non-hydrogen) atoms. The minimum atomic E-state index is -0.759. The number of pyridine rings is 2. The number of aromatic nitrogens is 4. The number of alkyl halides is 1. The van der Waals surface area contributed by atoms with Crippen LogP contribution in [0.3, 0.4) is 0 Å². The number of ether oxygens (including phenoxy) is 1. The van der Waals surface area contributed by atoms with Gasteiger partial charge in [-0.25, -0.2) is 14.4 Å². The van der Waals surface area contributed by atoms with Crippen LogP contribution < -0.4 is 15.5 Å². The number of hydrogen-bond acceptors (Lipinski definition) is 8. The fourth-order valence-corrected chi connectivity index (χ4v) is 3.36. The zero-order valence-electron chi connectivity index (χ0n) is 17.5. The molecule has 0 radical (unpaired) electrons. The Kier molecular flexibility index (Phi) is 6.96. The second-order valence-corrected chi connectivity index (χ2v) is 7.33. The van der Waals surface area contributed by atoms with Gasteiger partial charge in [0, 0.05) is 39.5 Å². The molecule has 1 aliphatic rings. The average molecular weight is 423 g/mol. The Morgan fingerprint density at radius 2 is 2.03 bits per heavy atom. The maximum absolute atomic E-state index is 13.4. The third kappa shape index (κ3) is 5.71. The van der Waals surface area contributed by atoms with Gasteiger partial charge in [-0.05, 0) is 36.8 Å². The van der Waals surface area contributed by atoms with Crippen LogP contribution in [0, 0.1) is 0 Å². The highest BCUT2D eigenvalue weighted by atomic mass is 19.1. The Balaban J connectivity index is 1.38. The number of halogens is 1. The summed E-state index contributed by atoms with van der Waals surface area (Å²) >= 11 is 0. The summed E-state index contributed by atoms with van der Waals surface area (Å²) in [6, 6.07) is 9.57. The minimum Gasteiger partial charge on any atom is -0.383 e. The predicted molar refractivity (Wildman–Crippen MR) is 118 cm³/mol. The van der Waals surface area contributed by atoms with Gasteiger partial charge >= 0.3 is 0 Å². The van der Waals surface area contributed by atoms with E-state index in [4.69, 9.17) is 4.74 Å². The Labute approximate surface area is 180 Å². The van der Waals surface area contributed by atoms with E-state index in [2.05, 4.69) is 30.6 Å². The van der Waals surface area contributed by atoms with Crippen molar-refractivity contribution in [2.45, 2.75) is 19.1 Å². The van der Waals surface area contributed by atoms with Crippen LogP contribution >= 0.6 is 0 Å². The van der Waals surface area contributed by atoms with Crippen LogP contribution in [0.4, 0.5) is 21.7 Å². The summed E-state index contributed by atoms with van der Waals surface area (Å²) in [5.74, 6) is 0.468. The predicted octanol–water partition coefficient (Wildman–Crippen LogP) is 2.96. The fraction of sp³-hybridized carbons (Fsp3) is 0.364. The van der Waals surface area contributed by atoms with E-state index in [9.17, 15) is 4.39 Å². The van der Waals surface area contributed by atoms with Gasteiger partial charge in [0.25, 0.3) is 0 Å². The van der Waals surface area contributed by atoms with Crippen molar-refractivity contribution >= 4 is 17.3 Å². The maximum atomic E-state index is 13.4. The molecular weight excluding hydrogens is 397 g/mol.